The van der Waals surface area contributed by atoms with Gasteiger partial charge in [0.25, 0.3) is 11.5 Å². The summed E-state index contributed by atoms with van der Waals surface area (Å²) in [6.45, 7) is 7.90. The lowest BCUT2D eigenvalue weighted by Gasteiger charge is -2.32. The van der Waals surface area contributed by atoms with Crippen LogP contribution in [-0.4, -0.2) is 48.9 Å². The van der Waals surface area contributed by atoms with Gasteiger partial charge in [0.1, 0.15) is 11.6 Å². The Morgan fingerprint density at radius 3 is 2.67 bits per heavy atom. The number of nitrogens with zero attached hydrogens (tertiary/aromatic N) is 5. The Bertz CT molecular complexity index is 1470. The summed E-state index contributed by atoms with van der Waals surface area (Å²) >= 11 is 0. The molecule has 2 aromatic carbocycles. The van der Waals surface area contributed by atoms with Crippen LogP contribution in [0.25, 0.3) is 11.2 Å². The van der Waals surface area contributed by atoms with Gasteiger partial charge in [-0.2, -0.15) is 0 Å². The number of piperidine rings is 1. The Kier molecular flexibility index (Phi) is 6.15. The third-order valence-corrected chi connectivity index (χ3v) is 6.71. The molecular weight excluding hydrogens is 459 g/mol. The van der Waals surface area contributed by atoms with Gasteiger partial charge in [0.05, 0.1) is 6.54 Å². The zero-order valence-electron chi connectivity index (χ0n) is 20.7. The third-order valence-electron chi connectivity index (χ3n) is 6.71. The highest BCUT2D eigenvalue weighted by molar-refractivity contribution is 5.94. The summed E-state index contributed by atoms with van der Waals surface area (Å²) < 4.78 is 15.3. The first-order valence-electron chi connectivity index (χ1n) is 12.2. The van der Waals surface area contributed by atoms with E-state index in [-0.39, 0.29) is 28.3 Å². The summed E-state index contributed by atoms with van der Waals surface area (Å²) in [5.74, 6) is -0.314. The number of hydrogen-bond acceptors (Lipinski definition) is 5. The van der Waals surface area contributed by atoms with Gasteiger partial charge in [0.2, 0.25) is 0 Å². The number of likely N-dealkylation sites (tertiary alicyclic amines) is 1. The Balaban J connectivity index is 1.40. The summed E-state index contributed by atoms with van der Waals surface area (Å²) in [4.78, 5) is 35.0. The number of rotatable bonds is 4. The number of H-pyrrole nitrogens is 1. The fraction of sp³-hybridized carbons (Fsp3) is 0.370. The normalized spacial score (nSPS) is 16.4. The second-order valence-electron chi connectivity index (χ2n) is 10.4. The van der Waals surface area contributed by atoms with Crippen LogP contribution < -0.4 is 5.56 Å². The third kappa shape index (κ3) is 4.78. The van der Waals surface area contributed by atoms with Gasteiger partial charge in [0.15, 0.2) is 11.2 Å². The van der Waals surface area contributed by atoms with E-state index in [0.717, 1.165) is 18.4 Å². The fourth-order valence-corrected chi connectivity index (χ4v) is 4.66. The maximum atomic E-state index is 13.6. The molecule has 1 N–H and O–H groups in total. The van der Waals surface area contributed by atoms with Crippen molar-refractivity contribution in [2.45, 2.75) is 51.5 Å². The molecule has 8 nitrogen and oxygen atoms in total. The first-order valence-corrected chi connectivity index (χ1v) is 12.2. The number of halogens is 1. The summed E-state index contributed by atoms with van der Waals surface area (Å²) in [7, 11) is 0. The van der Waals surface area contributed by atoms with Gasteiger partial charge in [-0.15, -0.1) is 5.10 Å². The van der Waals surface area contributed by atoms with Crippen LogP contribution in [0, 0.1) is 5.82 Å². The number of fused-ring (bicyclic) bond motifs is 1. The van der Waals surface area contributed by atoms with E-state index < -0.39 is 5.82 Å². The van der Waals surface area contributed by atoms with E-state index in [1.807, 2.05) is 0 Å². The maximum absolute atomic E-state index is 13.6. The standard InChI is InChI=1S/C27H29FN6O2/c1-27(2,3)20-11-9-17(10-12-20)15-34-24-22(31-32-34)25(35)30-23(29-24)19-7-5-13-33(16-19)26(36)18-6-4-8-21(28)14-18/h4,6,8-12,14,19H,5,7,13,15-16H2,1-3H3,(H,29,30,35). The molecule has 4 aromatic rings. The lowest BCUT2D eigenvalue weighted by atomic mass is 9.87. The van der Waals surface area contributed by atoms with Gasteiger partial charge in [-0.25, -0.2) is 14.1 Å². The van der Waals surface area contributed by atoms with Crippen molar-refractivity contribution < 1.29 is 9.18 Å². The Hall–Kier alpha value is -3.88. The Morgan fingerprint density at radius 2 is 1.94 bits per heavy atom. The minimum Gasteiger partial charge on any atom is -0.338 e. The molecular formula is C27H29FN6O2. The molecule has 1 unspecified atom stereocenters. The van der Waals surface area contributed by atoms with Crippen LogP contribution in [-0.2, 0) is 12.0 Å². The van der Waals surface area contributed by atoms with Crippen molar-refractivity contribution in [3.8, 4) is 0 Å². The van der Waals surface area contributed by atoms with Crippen LogP contribution in [0.5, 0.6) is 0 Å². The van der Waals surface area contributed by atoms with Crippen LogP contribution in [0.4, 0.5) is 4.39 Å². The number of benzene rings is 2. The van der Waals surface area contributed by atoms with Gasteiger partial charge in [0, 0.05) is 24.6 Å². The zero-order valence-corrected chi connectivity index (χ0v) is 20.7. The molecule has 1 fully saturated rings. The highest BCUT2D eigenvalue weighted by atomic mass is 19.1. The molecule has 0 spiro atoms. The van der Waals surface area contributed by atoms with Crippen molar-refractivity contribution in [3.63, 3.8) is 0 Å². The predicted molar refractivity (Wildman–Crippen MR) is 134 cm³/mol. The predicted octanol–water partition coefficient (Wildman–Crippen LogP) is 4.02. The summed E-state index contributed by atoms with van der Waals surface area (Å²) in [6.07, 6.45) is 1.53. The quantitative estimate of drug-likeness (QED) is 0.468. The maximum Gasteiger partial charge on any atom is 0.281 e. The molecule has 1 aliphatic heterocycles. The molecule has 0 radical (unpaired) electrons. The van der Waals surface area contributed by atoms with Gasteiger partial charge in [-0.05, 0) is 47.6 Å². The molecule has 0 saturated carbocycles. The second-order valence-corrected chi connectivity index (χ2v) is 10.4. The Morgan fingerprint density at radius 1 is 1.17 bits per heavy atom. The molecule has 1 atom stereocenters. The van der Waals surface area contributed by atoms with Crippen molar-refractivity contribution in [2.24, 2.45) is 0 Å². The fourth-order valence-electron chi connectivity index (χ4n) is 4.66. The minimum absolute atomic E-state index is 0.0617. The molecule has 186 valence electrons. The van der Waals surface area contributed by atoms with Crippen LogP contribution in [0.1, 0.15) is 66.8 Å². The molecule has 3 heterocycles. The summed E-state index contributed by atoms with van der Waals surface area (Å²) in [5, 5.41) is 8.24. The van der Waals surface area contributed by atoms with Gasteiger partial charge < -0.3 is 9.88 Å². The number of nitrogens with one attached hydrogen (secondary N) is 1. The number of amides is 1. The molecule has 0 bridgehead atoms. The SMILES string of the molecule is CC(C)(C)c1ccc(Cn2nnc3c(=O)[nH]c(C4CCCN(C(=O)c5cccc(F)c5)C4)nc32)cc1. The highest BCUT2D eigenvalue weighted by Gasteiger charge is 2.28. The van der Waals surface area contributed by atoms with Crippen molar-refractivity contribution in [3.05, 3.63) is 87.2 Å². The zero-order chi connectivity index (χ0) is 25.4. The van der Waals surface area contributed by atoms with Crippen molar-refractivity contribution in [1.82, 2.24) is 29.9 Å². The second kappa shape index (κ2) is 9.29. The summed E-state index contributed by atoms with van der Waals surface area (Å²) in [5.41, 5.74) is 2.90. The smallest absolute Gasteiger partial charge is 0.281 e. The average Bonchev–Trinajstić information content (AvgIpc) is 3.26. The highest BCUT2D eigenvalue weighted by Crippen LogP contribution is 2.26. The van der Waals surface area contributed by atoms with Crippen molar-refractivity contribution in [2.75, 3.05) is 13.1 Å². The molecule has 5 rings (SSSR count). The largest absolute Gasteiger partial charge is 0.338 e. The average molecular weight is 489 g/mol. The lowest BCUT2D eigenvalue weighted by Crippen LogP contribution is -2.40. The molecule has 9 heteroatoms. The lowest BCUT2D eigenvalue weighted by molar-refractivity contribution is 0.0704. The summed E-state index contributed by atoms with van der Waals surface area (Å²) in [6, 6.07) is 14.0. The van der Waals surface area contributed by atoms with Gasteiger partial charge in [-0.1, -0.05) is 56.3 Å². The van der Waals surface area contributed by atoms with E-state index in [4.69, 9.17) is 4.98 Å². The van der Waals surface area contributed by atoms with Gasteiger partial charge >= 0.3 is 0 Å². The van der Waals surface area contributed by atoms with Crippen LogP contribution in [0.3, 0.4) is 0 Å². The molecule has 0 aliphatic carbocycles. The number of hydrogen-bond donors (Lipinski definition) is 1. The van der Waals surface area contributed by atoms with Crippen molar-refractivity contribution in [1.29, 1.82) is 0 Å². The molecule has 2 aromatic heterocycles. The first kappa shape index (κ1) is 23.8. The first-order chi connectivity index (χ1) is 17.2. The molecule has 1 aliphatic rings. The molecule has 1 saturated heterocycles. The van der Waals surface area contributed by atoms with E-state index in [9.17, 15) is 14.0 Å². The van der Waals surface area contributed by atoms with Crippen molar-refractivity contribution >= 4 is 17.1 Å². The van der Waals surface area contributed by atoms with Crippen LogP contribution >= 0.6 is 0 Å². The number of aromatic nitrogens is 5. The van der Waals surface area contributed by atoms with E-state index in [0.29, 0.717) is 36.7 Å². The van der Waals surface area contributed by atoms with Gasteiger partial charge in [-0.3, -0.25) is 9.59 Å². The molecule has 36 heavy (non-hydrogen) atoms. The number of carbonyl (C=O) groups excluding carboxylic acids is 1. The monoisotopic (exact) mass is 488 g/mol. The van der Waals surface area contributed by atoms with E-state index in [1.165, 1.54) is 23.8 Å². The van der Waals surface area contributed by atoms with E-state index >= 15 is 0 Å². The van der Waals surface area contributed by atoms with Crippen LogP contribution in [0.15, 0.2) is 53.3 Å². The topological polar surface area (TPSA) is 96.8 Å². The van der Waals surface area contributed by atoms with Crippen LogP contribution in [0.2, 0.25) is 0 Å². The minimum atomic E-state index is -0.445. The number of carbonyl (C=O) groups is 1. The van der Waals surface area contributed by atoms with E-state index in [1.54, 1.807) is 15.6 Å². The van der Waals surface area contributed by atoms with E-state index in [2.05, 4.69) is 60.3 Å². The Labute approximate surface area is 208 Å². The molecule has 1 amide bonds. The number of aromatic amines is 1.